The number of likely N-dealkylation sites (tertiary alicyclic amines) is 1. The zero-order valence-electron chi connectivity index (χ0n) is 21.5. The lowest BCUT2D eigenvalue weighted by Crippen LogP contribution is -2.70. The first-order chi connectivity index (χ1) is 18.1. The fourth-order valence-corrected chi connectivity index (χ4v) is 5.45. The maximum atomic E-state index is 6.30. The molecule has 7 nitrogen and oxygen atoms in total. The predicted octanol–water partition coefficient (Wildman–Crippen LogP) is 4.84. The van der Waals surface area contributed by atoms with E-state index in [1.54, 1.807) is 6.20 Å². The number of pyridine rings is 2. The van der Waals surface area contributed by atoms with E-state index in [9.17, 15) is 0 Å². The third-order valence-corrected chi connectivity index (χ3v) is 7.44. The maximum absolute atomic E-state index is 6.30. The molecule has 0 atom stereocenters. The minimum absolute atomic E-state index is 0.452. The van der Waals surface area contributed by atoms with Crippen LogP contribution in [0.4, 0.5) is 5.82 Å². The average Bonchev–Trinajstić information content (AvgIpc) is 3.24. The fourth-order valence-electron chi connectivity index (χ4n) is 5.45. The van der Waals surface area contributed by atoms with Gasteiger partial charge in [0.15, 0.2) is 11.5 Å². The summed E-state index contributed by atoms with van der Waals surface area (Å²) in [7, 11) is 0. The van der Waals surface area contributed by atoms with E-state index in [1.165, 1.54) is 18.7 Å². The Hall–Kier alpha value is -3.81. The second-order valence-corrected chi connectivity index (χ2v) is 10.2. The van der Waals surface area contributed by atoms with Gasteiger partial charge in [-0.15, -0.1) is 0 Å². The number of benzene rings is 1. The molecule has 2 aliphatic rings. The third kappa shape index (κ3) is 4.34. The molecular weight excluding hydrogens is 458 g/mol. The van der Waals surface area contributed by atoms with Crippen molar-refractivity contribution in [2.45, 2.75) is 26.8 Å². The number of hydrogen-bond donors (Lipinski definition) is 2. The van der Waals surface area contributed by atoms with Gasteiger partial charge in [0.25, 0.3) is 0 Å². The van der Waals surface area contributed by atoms with Crippen molar-refractivity contribution in [2.24, 2.45) is 5.41 Å². The molecule has 188 valence electrons. The molecule has 0 amide bonds. The van der Waals surface area contributed by atoms with Crippen molar-refractivity contribution < 1.29 is 0 Å². The molecule has 2 fully saturated rings. The second kappa shape index (κ2) is 9.57. The van der Waals surface area contributed by atoms with Gasteiger partial charge in [0.05, 0.1) is 11.3 Å². The fraction of sp³-hybridized carbons (Fsp3) is 0.300. The van der Waals surface area contributed by atoms with E-state index in [1.807, 2.05) is 31.2 Å². The van der Waals surface area contributed by atoms with Crippen molar-refractivity contribution in [1.29, 1.82) is 0 Å². The van der Waals surface area contributed by atoms with Crippen LogP contribution in [-0.4, -0.2) is 50.6 Å². The van der Waals surface area contributed by atoms with Gasteiger partial charge < -0.3 is 11.1 Å². The first-order valence-electron chi connectivity index (χ1n) is 13.1. The molecule has 3 aromatic heterocycles. The van der Waals surface area contributed by atoms with E-state index in [0.717, 1.165) is 65.6 Å². The highest BCUT2D eigenvalue weighted by Crippen LogP contribution is 2.35. The molecule has 7 heteroatoms. The first kappa shape index (κ1) is 23.6. The van der Waals surface area contributed by atoms with Crippen LogP contribution < -0.4 is 11.1 Å². The number of nitrogens with one attached hydrogen (secondary N) is 1. The summed E-state index contributed by atoms with van der Waals surface area (Å²) in [6, 6.07) is 16.7. The summed E-state index contributed by atoms with van der Waals surface area (Å²) in [6.07, 6.45) is 9.05. The lowest BCUT2D eigenvalue weighted by molar-refractivity contribution is -0.0444. The monoisotopic (exact) mass is 491 g/mol. The number of nitrogen functional groups attached to an aromatic ring is 1. The van der Waals surface area contributed by atoms with Crippen LogP contribution in [0.1, 0.15) is 31.5 Å². The molecule has 2 aliphatic heterocycles. The summed E-state index contributed by atoms with van der Waals surface area (Å²) in [5, 5.41) is 3.41. The second-order valence-electron chi connectivity index (χ2n) is 10.2. The Bertz CT molecular complexity index is 1480. The number of hydrogen-bond acceptors (Lipinski definition) is 6. The summed E-state index contributed by atoms with van der Waals surface area (Å²) < 4.78 is 2.10. The van der Waals surface area contributed by atoms with Crippen molar-refractivity contribution in [3.63, 3.8) is 0 Å². The number of imidazole rings is 1. The number of nitrogens with zero attached hydrogens (tertiary/aromatic N) is 5. The Morgan fingerprint density at radius 1 is 1.08 bits per heavy atom. The van der Waals surface area contributed by atoms with Gasteiger partial charge in [-0.3, -0.25) is 9.47 Å². The van der Waals surface area contributed by atoms with Gasteiger partial charge in [-0.05, 0) is 60.9 Å². The molecule has 0 saturated carbocycles. The van der Waals surface area contributed by atoms with E-state index in [0.29, 0.717) is 11.2 Å². The molecule has 3 N–H and O–H groups in total. The van der Waals surface area contributed by atoms with Gasteiger partial charge in [0, 0.05) is 50.0 Å². The summed E-state index contributed by atoms with van der Waals surface area (Å²) in [6.45, 7) is 9.85. The molecule has 6 rings (SSSR count). The topological polar surface area (TPSA) is 84.9 Å². The quantitative estimate of drug-likeness (QED) is 0.360. The largest absolute Gasteiger partial charge is 0.383 e. The molecule has 1 aromatic carbocycles. The summed E-state index contributed by atoms with van der Waals surface area (Å²) in [5.41, 5.74) is 13.6. The SMILES string of the molecule is C/C=C(\C=C/CC)c1ccc2nc(-c3cccnc3N)n(-c3ccc(CN4CC5(CNC5)C4)cc3)c2n1. The van der Waals surface area contributed by atoms with Gasteiger partial charge >= 0.3 is 0 Å². The van der Waals surface area contributed by atoms with Crippen molar-refractivity contribution >= 4 is 22.6 Å². The Morgan fingerprint density at radius 3 is 2.57 bits per heavy atom. The number of anilines is 1. The van der Waals surface area contributed by atoms with Crippen molar-refractivity contribution in [3.05, 3.63) is 84.2 Å². The van der Waals surface area contributed by atoms with Gasteiger partial charge in [-0.1, -0.05) is 37.3 Å². The molecule has 4 aromatic rings. The molecule has 5 heterocycles. The summed E-state index contributed by atoms with van der Waals surface area (Å²) in [4.78, 5) is 16.9. The highest BCUT2D eigenvalue weighted by molar-refractivity contribution is 5.85. The lowest BCUT2D eigenvalue weighted by atomic mass is 9.74. The first-order valence-corrected chi connectivity index (χ1v) is 13.1. The Labute approximate surface area is 217 Å². The van der Waals surface area contributed by atoms with Crippen molar-refractivity contribution in [2.75, 3.05) is 31.9 Å². The standard InChI is InChI=1S/C30H33N7/c1-3-5-7-22(4-2)25-13-14-26-29(34-25)37(28(35-26)24-8-6-15-33-27(24)31)23-11-9-21(10-12-23)16-36-19-30(20-36)17-32-18-30/h4-15,32H,3,16-20H2,1-2H3,(H2,31,33)/b7-5-,22-4+. The van der Waals surface area contributed by atoms with E-state index in [-0.39, 0.29) is 0 Å². The third-order valence-electron chi connectivity index (χ3n) is 7.44. The van der Waals surface area contributed by atoms with E-state index in [2.05, 4.69) is 69.2 Å². The molecule has 37 heavy (non-hydrogen) atoms. The zero-order chi connectivity index (χ0) is 25.4. The van der Waals surface area contributed by atoms with Crippen molar-refractivity contribution in [3.8, 4) is 17.1 Å². The van der Waals surface area contributed by atoms with Crippen LogP contribution in [0.2, 0.25) is 0 Å². The van der Waals surface area contributed by atoms with Gasteiger partial charge in [-0.2, -0.15) is 0 Å². The molecular formula is C30H33N7. The highest BCUT2D eigenvalue weighted by atomic mass is 15.3. The van der Waals surface area contributed by atoms with Crippen LogP contribution in [0, 0.1) is 5.41 Å². The molecule has 0 bridgehead atoms. The van der Waals surface area contributed by atoms with Gasteiger partial charge in [0.1, 0.15) is 11.3 Å². The maximum Gasteiger partial charge on any atom is 0.165 e. The van der Waals surface area contributed by atoms with Crippen LogP contribution in [0.5, 0.6) is 0 Å². The normalized spacial score (nSPS) is 17.4. The minimum atomic E-state index is 0.452. The van der Waals surface area contributed by atoms with Crippen LogP contribution in [0.15, 0.2) is 73.0 Å². The van der Waals surface area contributed by atoms with Crippen LogP contribution >= 0.6 is 0 Å². The number of allylic oxidation sites excluding steroid dienone is 4. The van der Waals surface area contributed by atoms with E-state index in [4.69, 9.17) is 15.7 Å². The van der Waals surface area contributed by atoms with Gasteiger partial charge in [0.2, 0.25) is 0 Å². The average molecular weight is 492 g/mol. The van der Waals surface area contributed by atoms with E-state index < -0.39 is 0 Å². The molecule has 1 spiro atoms. The molecule has 0 radical (unpaired) electrons. The van der Waals surface area contributed by atoms with Crippen molar-refractivity contribution in [1.82, 2.24) is 29.7 Å². The van der Waals surface area contributed by atoms with Crippen LogP contribution in [-0.2, 0) is 6.54 Å². The Kier molecular flexibility index (Phi) is 6.10. The Balaban J connectivity index is 1.40. The molecule has 2 saturated heterocycles. The van der Waals surface area contributed by atoms with Gasteiger partial charge in [-0.25, -0.2) is 15.0 Å². The smallest absolute Gasteiger partial charge is 0.165 e. The number of rotatable bonds is 7. The lowest BCUT2D eigenvalue weighted by Gasteiger charge is -2.56. The summed E-state index contributed by atoms with van der Waals surface area (Å²) in [5.74, 6) is 1.19. The summed E-state index contributed by atoms with van der Waals surface area (Å²) >= 11 is 0. The van der Waals surface area contributed by atoms with E-state index >= 15 is 0 Å². The van der Waals surface area contributed by atoms with Crippen LogP contribution in [0.25, 0.3) is 33.8 Å². The number of aromatic nitrogens is 4. The highest BCUT2D eigenvalue weighted by Gasteiger charge is 2.47. The zero-order valence-corrected chi connectivity index (χ0v) is 21.5. The van der Waals surface area contributed by atoms with Crippen LogP contribution in [0.3, 0.4) is 0 Å². The molecule has 0 aliphatic carbocycles. The number of fused-ring (bicyclic) bond motifs is 1. The minimum Gasteiger partial charge on any atom is -0.383 e. The Morgan fingerprint density at radius 2 is 1.89 bits per heavy atom. The predicted molar refractivity (Wildman–Crippen MR) is 150 cm³/mol. The molecule has 0 unspecified atom stereocenters. The number of nitrogens with two attached hydrogens (primary N) is 1.